The van der Waals surface area contributed by atoms with E-state index in [1.165, 1.54) is 25.0 Å². The van der Waals surface area contributed by atoms with Crippen molar-refractivity contribution in [3.05, 3.63) is 16.1 Å². The summed E-state index contributed by atoms with van der Waals surface area (Å²) >= 11 is 1.72. The van der Waals surface area contributed by atoms with Crippen molar-refractivity contribution >= 4 is 11.3 Å². The SMILES string of the molecule is CCC1(CNCc2csc(CCN)n2)CC1. The van der Waals surface area contributed by atoms with Crippen LogP contribution in [-0.4, -0.2) is 18.1 Å². The quantitative estimate of drug-likeness (QED) is 0.764. The molecule has 3 N–H and O–H groups in total. The van der Waals surface area contributed by atoms with Crippen LogP contribution in [0.15, 0.2) is 5.38 Å². The van der Waals surface area contributed by atoms with Crippen LogP contribution in [0.25, 0.3) is 0 Å². The van der Waals surface area contributed by atoms with Gasteiger partial charge >= 0.3 is 0 Å². The number of hydrogen-bond donors (Lipinski definition) is 2. The predicted molar refractivity (Wildman–Crippen MR) is 68.5 cm³/mol. The van der Waals surface area contributed by atoms with Crippen LogP contribution < -0.4 is 11.1 Å². The third kappa shape index (κ3) is 3.03. The van der Waals surface area contributed by atoms with Gasteiger partial charge in [-0.05, 0) is 31.2 Å². The van der Waals surface area contributed by atoms with Crippen molar-refractivity contribution in [2.24, 2.45) is 11.1 Å². The van der Waals surface area contributed by atoms with E-state index in [1.807, 2.05) is 0 Å². The van der Waals surface area contributed by atoms with Gasteiger partial charge in [-0.2, -0.15) is 0 Å². The van der Waals surface area contributed by atoms with Crippen LogP contribution in [0.4, 0.5) is 0 Å². The molecule has 16 heavy (non-hydrogen) atoms. The molecule has 1 fully saturated rings. The third-order valence-electron chi connectivity index (χ3n) is 3.47. The summed E-state index contributed by atoms with van der Waals surface area (Å²) in [5.41, 5.74) is 7.29. The summed E-state index contributed by atoms with van der Waals surface area (Å²) in [6.45, 7) is 5.03. The maximum atomic E-state index is 5.50. The van der Waals surface area contributed by atoms with Crippen LogP contribution in [0.5, 0.6) is 0 Å². The van der Waals surface area contributed by atoms with Crippen molar-refractivity contribution in [1.29, 1.82) is 0 Å². The van der Waals surface area contributed by atoms with Crippen LogP contribution in [0.2, 0.25) is 0 Å². The lowest BCUT2D eigenvalue weighted by Crippen LogP contribution is -2.23. The van der Waals surface area contributed by atoms with Gasteiger partial charge in [0.05, 0.1) is 10.7 Å². The van der Waals surface area contributed by atoms with Crippen molar-refractivity contribution in [2.45, 2.75) is 39.2 Å². The second-order valence-electron chi connectivity index (χ2n) is 4.73. The molecule has 0 amide bonds. The fourth-order valence-electron chi connectivity index (χ4n) is 1.96. The number of thiazole rings is 1. The van der Waals surface area contributed by atoms with Gasteiger partial charge < -0.3 is 11.1 Å². The van der Waals surface area contributed by atoms with E-state index in [0.717, 1.165) is 24.5 Å². The van der Waals surface area contributed by atoms with Crippen molar-refractivity contribution < 1.29 is 0 Å². The molecule has 1 heterocycles. The summed E-state index contributed by atoms with van der Waals surface area (Å²) in [4.78, 5) is 4.54. The largest absolute Gasteiger partial charge is 0.330 e. The van der Waals surface area contributed by atoms with E-state index < -0.39 is 0 Å². The first-order valence-corrected chi connectivity index (χ1v) is 7.00. The van der Waals surface area contributed by atoms with Crippen LogP contribution in [0.3, 0.4) is 0 Å². The molecule has 0 unspecified atom stereocenters. The van der Waals surface area contributed by atoms with Crippen LogP contribution >= 0.6 is 11.3 Å². The molecule has 0 saturated heterocycles. The summed E-state index contributed by atoms with van der Waals surface area (Å²) in [5.74, 6) is 0. The zero-order valence-electron chi connectivity index (χ0n) is 9.96. The highest BCUT2D eigenvalue weighted by atomic mass is 32.1. The molecule has 0 spiro atoms. The molecular formula is C12H21N3S. The van der Waals surface area contributed by atoms with Gasteiger partial charge in [0.2, 0.25) is 0 Å². The lowest BCUT2D eigenvalue weighted by molar-refractivity contribution is 0.442. The Morgan fingerprint density at radius 3 is 3.00 bits per heavy atom. The van der Waals surface area contributed by atoms with Gasteiger partial charge in [-0.3, -0.25) is 0 Å². The smallest absolute Gasteiger partial charge is 0.0941 e. The molecule has 0 aliphatic heterocycles. The number of nitrogens with zero attached hydrogens (tertiary/aromatic N) is 1. The van der Waals surface area contributed by atoms with E-state index in [1.54, 1.807) is 11.3 Å². The molecule has 4 heteroatoms. The van der Waals surface area contributed by atoms with Crippen molar-refractivity contribution in [2.75, 3.05) is 13.1 Å². The van der Waals surface area contributed by atoms with Gasteiger partial charge in [0, 0.05) is 24.9 Å². The van der Waals surface area contributed by atoms with Gasteiger partial charge in [-0.1, -0.05) is 6.92 Å². The highest BCUT2D eigenvalue weighted by Crippen LogP contribution is 2.47. The van der Waals surface area contributed by atoms with Gasteiger partial charge in [0.25, 0.3) is 0 Å². The second kappa shape index (κ2) is 5.25. The first-order valence-electron chi connectivity index (χ1n) is 6.12. The molecule has 1 aromatic rings. The molecule has 1 aromatic heterocycles. The molecule has 90 valence electrons. The van der Waals surface area contributed by atoms with Gasteiger partial charge in [0.1, 0.15) is 0 Å². The lowest BCUT2D eigenvalue weighted by atomic mass is 10.0. The molecule has 0 radical (unpaired) electrons. The number of nitrogens with two attached hydrogens (primary N) is 1. The fourth-order valence-corrected chi connectivity index (χ4v) is 2.77. The molecule has 0 bridgehead atoms. The van der Waals surface area contributed by atoms with E-state index in [2.05, 4.69) is 22.6 Å². The molecular weight excluding hydrogens is 218 g/mol. The minimum Gasteiger partial charge on any atom is -0.330 e. The van der Waals surface area contributed by atoms with E-state index >= 15 is 0 Å². The maximum absolute atomic E-state index is 5.50. The molecule has 1 aliphatic carbocycles. The average molecular weight is 239 g/mol. The van der Waals surface area contributed by atoms with E-state index in [9.17, 15) is 0 Å². The van der Waals surface area contributed by atoms with Crippen LogP contribution in [-0.2, 0) is 13.0 Å². The number of hydrogen-bond acceptors (Lipinski definition) is 4. The van der Waals surface area contributed by atoms with Crippen LogP contribution in [0, 0.1) is 5.41 Å². The average Bonchev–Trinajstić information content (AvgIpc) is 2.94. The van der Waals surface area contributed by atoms with Crippen molar-refractivity contribution in [3.63, 3.8) is 0 Å². The molecule has 1 saturated carbocycles. The lowest BCUT2D eigenvalue weighted by Gasteiger charge is -2.12. The Balaban J connectivity index is 1.72. The summed E-state index contributed by atoms with van der Waals surface area (Å²) in [5, 5.41) is 6.83. The van der Waals surface area contributed by atoms with Gasteiger partial charge in [0.15, 0.2) is 0 Å². The summed E-state index contributed by atoms with van der Waals surface area (Å²) in [6.07, 6.45) is 5.00. The first-order chi connectivity index (χ1) is 7.78. The Morgan fingerprint density at radius 2 is 2.38 bits per heavy atom. The Morgan fingerprint density at radius 1 is 1.56 bits per heavy atom. The number of rotatable bonds is 7. The summed E-state index contributed by atoms with van der Waals surface area (Å²) in [6, 6.07) is 0. The Bertz CT molecular complexity index is 331. The predicted octanol–water partition coefficient (Wildman–Crippen LogP) is 1.92. The third-order valence-corrected chi connectivity index (χ3v) is 4.43. The summed E-state index contributed by atoms with van der Waals surface area (Å²) < 4.78 is 0. The topological polar surface area (TPSA) is 50.9 Å². The fraction of sp³-hybridized carbons (Fsp3) is 0.750. The Labute approximate surface area is 101 Å². The minimum atomic E-state index is 0.621. The standard InChI is InChI=1S/C12H21N3S/c1-2-12(4-5-12)9-14-7-10-8-16-11(15-10)3-6-13/h8,14H,2-7,9,13H2,1H3. The molecule has 0 atom stereocenters. The highest BCUT2D eigenvalue weighted by molar-refractivity contribution is 7.09. The number of aromatic nitrogens is 1. The molecule has 2 rings (SSSR count). The van der Waals surface area contributed by atoms with Gasteiger partial charge in [-0.25, -0.2) is 4.98 Å². The molecule has 3 nitrogen and oxygen atoms in total. The van der Waals surface area contributed by atoms with E-state index in [0.29, 0.717) is 12.0 Å². The zero-order valence-corrected chi connectivity index (χ0v) is 10.8. The minimum absolute atomic E-state index is 0.621. The normalized spacial score (nSPS) is 17.6. The first kappa shape index (κ1) is 12.0. The second-order valence-corrected chi connectivity index (χ2v) is 5.67. The van der Waals surface area contributed by atoms with Crippen LogP contribution in [0.1, 0.15) is 36.9 Å². The van der Waals surface area contributed by atoms with Crippen molar-refractivity contribution in [3.8, 4) is 0 Å². The van der Waals surface area contributed by atoms with Crippen molar-refractivity contribution in [1.82, 2.24) is 10.3 Å². The number of nitrogens with one attached hydrogen (secondary N) is 1. The zero-order chi connectivity index (χ0) is 11.4. The summed E-state index contributed by atoms with van der Waals surface area (Å²) in [7, 11) is 0. The van der Waals surface area contributed by atoms with E-state index in [-0.39, 0.29) is 0 Å². The Kier molecular flexibility index (Phi) is 3.95. The van der Waals surface area contributed by atoms with E-state index in [4.69, 9.17) is 5.73 Å². The highest BCUT2D eigenvalue weighted by Gasteiger charge is 2.39. The Hall–Kier alpha value is -0.450. The molecule has 0 aromatic carbocycles. The van der Waals surface area contributed by atoms with Gasteiger partial charge in [-0.15, -0.1) is 11.3 Å². The molecule has 1 aliphatic rings. The monoisotopic (exact) mass is 239 g/mol. The maximum Gasteiger partial charge on any atom is 0.0941 e.